The Morgan fingerprint density at radius 1 is 1.24 bits per heavy atom. The van der Waals surface area contributed by atoms with Gasteiger partial charge in [0.1, 0.15) is 11.9 Å². The van der Waals surface area contributed by atoms with Gasteiger partial charge in [-0.25, -0.2) is 4.39 Å². The molecule has 21 heavy (non-hydrogen) atoms. The number of rotatable bonds is 3. The van der Waals surface area contributed by atoms with Crippen LogP contribution in [0.3, 0.4) is 0 Å². The van der Waals surface area contributed by atoms with Crippen molar-refractivity contribution in [3.05, 3.63) is 47.4 Å². The van der Waals surface area contributed by atoms with Crippen molar-refractivity contribution in [3.8, 4) is 0 Å². The first-order valence-corrected chi connectivity index (χ1v) is 7.50. The number of hydrogen-bond acceptors (Lipinski definition) is 4. The zero-order chi connectivity index (χ0) is 14.3. The Labute approximate surface area is 122 Å². The van der Waals surface area contributed by atoms with Crippen molar-refractivity contribution < 1.29 is 13.7 Å². The van der Waals surface area contributed by atoms with E-state index in [0.717, 1.165) is 44.3 Å². The Morgan fingerprint density at radius 2 is 2.14 bits per heavy atom. The predicted molar refractivity (Wildman–Crippen MR) is 73.3 cm³/mol. The summed E-state index contributed by atoms with van der Waals surface area (Å²) in [5.74, 6) is 1.01. The third-order valence-corrected chi connectivity index (χ3v) is 4.65. The van der Waals surface area contributed by atoms with E-state index in [2.05, 4.69) is 10.1 Å². The molecule has 0 bridgehead atoms. The van der Waals surface area contributed by atoms with Gasteiger partial charge in [-0.15, -0.1) is 0 Å². The summed E-state index contributed by atoms with van der Waals surface area (Å²) in [6.45, 7) is 0.754. The van der Waals surface area contributed by atoms with Crippen LogP contribution in [0.1, 0.15) is 55.5 Å². The molecule has 2 fully saturated rings. The molecule has 1 aromatic carbocycles. The number of aromatic nitrogens is 2. The molecule has 1 saturated carbocycles. The summed E-state index contributed by atoms with van der Waals surface area (Å²) in [6.07, 6.45) is 4.85. The van der Waals surface area contributed by atoms with Gasteiger partial charge in [0, 0.05) is 6.61 Å². The first-order chi connectivity index (χ1) is 10.3. The second kappa shape index (κ2) is 4.91. The van der Waals surface area contributed by atoms with Gasteiger partial charge >= 0.3 is 0 Å². The highest BCUT2D eigenvalue weighted by Gasteiger charge is 2.46. The minimum absolute atomic E-state index is 0.0489. The number of benzene rings is 1. The van der Waals surface area contributed by atoms with E-state index in [1.165, 1.54) is 6.07 Å². The van der Waals surface area contributed by atoms with Crippen LogP contribution in [0.15, 0.2) is 28.8 Å². The number of halogens is 1. The molecule has 0 amide bonds. The fraction of sp³-hybridized carbons (Fsp3) is 0.500. The van der Waals surface area contributed by atoms with Gasteiger partial charge in [-0.1, -0.05) is 23.7 Å². The monoisotopic (exact) mass is 288 g/mol. The second-order valence-electron chi connectivity index (χ2n) is 5.91. The molecule has 1 saturated heterocycles. The molecule has 4 nitrogen and oxygen atoms in total. The lowest BCUT2D eigenvalue weighted by Gasteiger charge is -2.38. The summed E-state index contributed by atoms with van der Waals surface area (Å²) in [5, 5.41) is 4.09. The average Bonchev–Trinajstić information content (AvgIpc) is 3.08. The van der Waals surface area contributed by atoms with Gasteiger partial charge < -0.3 is 9.26 Å². The number of hydrogen-bond donors (Lipinski definition) is 0. The van der Waals surface area contributed by atoms with Crippen LogP contribution in [0, 0.1) is 5.82 Å². The third-order valence-electron chi connectivity index (χ3n) is 4.65. The zero-order valence-corrected chi connectivity index (χ0v) is 11.7. The summed E-state index contributed by atoms with van der Waals surface area (Å²) < 4.78 is 24.6. The highest BCUT2D eigenvalue weighted by molar-refractivity contribution is 5.35. The SMILES string of the molecule is Fc1cccc(C2(c3nc([C@@H]4CCCO4)no3)CCC2)c1. The minimum Gasteiger partial charge on any atom is -0.370 e. The van der Waals surface area contributed by atoms with Crippen LogP contribution < -0.4 is 0 Å². The van der Waals surface area contributed by atoms with Crippen LogP contribution in [0.2, 0.25) is 0 Å². The van der Waals surface area contributed by atoms with Crippen molar-refractivity contribution in [2.45, 2.75) is 43.6 Å². The second-order valence-corrected chi connectivity index (χ2v) is 5.91. The van der Waals surface area contributed by atoms with E-state index in [9.17, 15) is 4.39 Å². The van der Waals surface area contributed by atoms with Crippen LogP contribution in [-0.2, 0) is 10.2 Å². The molecule has 110 valence electrons. The van der Waals surface area contributed by atoms with Crippen molar-refractivity contribution in [1.82, 2.24) is 10.1 Å². The van der Waals surface area contributed by atoms with Gasteiger partial charge in [0.05, 0.1) is 5.41 Å². The molecular formula is C16H17FN2O2. The lowest BCUT2D eigenvalue weighted by atomic mass is 9.64. The lowest BCUT2D eigenvalue weighted by molar-refractivity contribution is 0.103. The Bertz CT molecular complexity index is 645. The maximum absolute atomic E-state index is 13.5. The topological polar surface area (TPSA) is 48.2 Å². The van der Waals surface area contributed by atoms with Gasteiger partial charge in [-0.2, -0.15) is 4.98 Å². The molecular weight excluding hydrogens is 271 g/mol. The van der Waals surface area contributed by atoms with Gasteiger partial charge in [-0.05, 0) is 43.4 Å². The fourth-order valence-corrected chi connectivity index (χ4v) is 3.28. The maximum atomic E-state index is 13.5. The van der Waals surface area contributed by atoms with Crippen LogP contribution in [0.4, 0.5) is 4.39 Å². The van der Waals surface area contributed by atoms with Crippen molar-refractivity contribution in [1.29, 1.82) is 0 Å². The molecule has 0 spiro atoms. The van der Waals surface area contributed by atoms with E-state index < -0.39 is 0 Å². The Morgan fingerprint density at radius 3 is 2.81 bits per heavy atom. The van der Waals surface area contributed by atoms with Crippen molar-refractivity contribution in [2.75, 3.05) is 6.61 Å². The zero-order valence-electron chi connectivity index (χ0n) is 11.7. The molecule has 1 atom stereocenters. The van der Waals surface area contributed by atoms with E-state index in [-0.39, 0.29) is 17.3 Å². The van der Waals surface area contributed by atoms with Gasteiger partial charge in [0.2, 0.25) is 11.7 Å². The largest absolute Gasteiger partial charge is 0.370 e. The maximum Gasteiger partial charge on any atom is 0.237 e. The molecule has 0 radical (unpaired) electrons. The molecule has 2 aromatic rings. The van der Waals surface area contributed by atoms with E-state index in [1.807, 2.05) is 6.07 Å². The van der Waals surface area contributed by atoms with Crippen molar-refractivity contribution in [3.63, 3.8) is 0 Å². The predicted octanol–water partition coefficient (Wildman–Crippen LogP) is 3.53. The molecule has 1 aliphatic carbocycles. The molecule has 1 aliphatic heterocycles. The van der Waals surface area contributed by atoms with Crippen LogP contribution in [0.25, 0.3) is 0 Å². The first kappa shape index (κ1) is 13.0. The molecule has 2 aliphatic rings. The Balaban J connectivity index is 1.69. The summed E-state index contributed by atoms with van der Waals surface area (Å²) in [5.41, 5.74) is 0.614. The fourth-order valence-electron chi connectivity index (χ4n) is 3.28. The van der Waals surface area contributed by atoms with E-state index >= 15 is 0 Å². The van der Waals surface area contributed by atoms with Crippen LogP contribution >= 0.6 is 0 Å². The highest BCUT2D eigenvalue weighted by atomic mass is 19.1. The normalized spacial score (nSPS) is 24.0. The summed E-state index contributed by atoms with van der Waals surface area (Å²) in [4.78, 5) is 4.57. The Kier molecular flexibility index (Phi) is 3.03. The average molecular weight is 288 g/mol. The summed E-state index contributed by atoms with van der Waals surface area (Å²) in [6, 6.07) is 6.72. The summed E-state index contributed by atoms with van der Waals surface area (Å²) in [7, 11) is 0. The standard InChI is InChI=1S/C16H17FN2O2/c17-12-5-1-4-11(10-12)16(7-3-8-16)15-18-14(19-21-15)13-6-2-9-20-13/h1,4-5,10,13H,2-3,6-9H2/t13-/m0/s1. The molecule has 0 N–H and O–H groups in total. The molecule has 5 heteroatoms. The van der Waals surface area contributed by atoms with Gasteiger partial charge in [0.25, 0.3) is 0 Å². The lowest BCUT2D eigenvalue weighted by Crippen LogP contribution is -2.36. The highest BCUT2D eigenvalue weighted by Crippen LogP contribution is 2.48. The smallest absolute Gasteiger partial charge is 0.237 e. The van der Waals surface area contributed by atoms with Gasteiger partial charge in [-0.3, -0.25) is 0 Å². The van der Waals surface area contributed by atoms with Gasteiger partial charge in [0.15, 0.2) is 0 Å². The van der Waals surface area contributed by atoms with E-state index in [1.54, 1.807) is 12.1 Å². The minimum atomic E-state index is -0.314. The van der Waals surface area contributed by atoms with E-state index in [4.69, 9.17) is 9.26 Å². The number of nitrogens with zero attached hydrogens (tertiary/aromatic N) is 2. The molecule has 0 unspecified atom stereocenters. The quantitative estimate of drug-likeness (QED) is 0.867. The molecule has 2 heterocycles. The summed E-state index contributed by atoms with van der Waals surface area (Å²) >= 11 is 0. The first-order valence-electron chi connectivity index (χ1n) is 7.50. The third kappa shape index (κ3) is 2.07. The number of ether oxygens (including phenoxy) is 1. The van der Waals surface area contributed by atoms with Crippen molar-refractivity contribution in [2.24, 2.45) is 0 Å². The van der Waals surface area contributed by atoms with Crippen LogP contribution in [-0.4, -0.2) is 16.7 Å². The van der Waals surface area contributed by atoms with Crippen LogP contribution in [0.5, 0.6) is 0 Å². The van der Waals surface area contributed by atoms with E-state index in [0.29, 0.717) is 11.7 Å². The molecule has 4 rings (SSSR count). The van der Waals surface area contributed by atoms with Crippen molar-refractivity contribution >= 4 is 0 Å². The Hall–Kier alpha value is -1.75. The molecule has 1 aromatic heterocycles.